The SMILES string of the molecule is CCCCC(CN)NC(=O)CCc1ccc(C)cc1C.Cl. The van der Waals surface area contributed by atoms with E-state index in [1.54, 1.807) is 0 Å². The van der Waals surface area contributed by atoms with Crippen LogP contribution < -0.4 is 11.1 Å². The average Bonchev–Trinajstić information content (AvgIpc) is 2.42. The number of hydrogen-bond donors (Lipinski definition) is 2. The molecule has 120 valence electrons. The predicted molar refractivity (Wildman–Crippen MR) is 92.0 cm³/mol. The van der Waals surface area contributed by atoms with Gasteiger partial charge in [0.25, 0.3) is 0 Å². The van der Waals surface area contributed by atoms with Crippen molar-refractivity contribution in [2.24, 2.45) is 5.73 Å². The molecular formula is C17H29ClN2O. The van der Waals surface area contributed by atoms with Gasteiger partial charge in [0.2, 0.25) is 5.91 Å². The lowest BCUT2D eigenvalue weighted by Gasteiger charge is -2.16. The molecule has 4 heteroatoms. The lowest BCUT2D eigenvalue weighted by Crippen LogP contribution is -2.40. The van der Waals surface area contributed by atoms with Crippen LogP contribution in [0, 0.1) is 13.8 Å². The van der Waals surface area contributed by atoms with Crippen molar-refractivity contribution in [1.82, 2.24) is 5.32 Å². The minimum Gasteiger partial charge on any atom is -0.352 e. The molecule has 1 amide bonds. The summed E-state index contributed by atoms with van der Waals surface area (Å²) in [5, 5.41) is 3.04. The van der Waals surface area contributed by atoms with E-state index in [1.807, 2.05) is 0 Å². The third kappa shape index (κ3) is 7.49. The molecule has 0 heterocycles. The molecule has 0 aliphatic heterocycles. The molecule has 0 radical (unpaired) electrons. The Morgan fingerprint density at radius 3 is 2.62 bits per heavy atom. The molecular weight excluding hydrogens is 284 g/mol. The van der Waals surface area contributed by atoms with Crippen LogP contribution in [-0.2, 0) is 11.2 Å². The normalized spacial score (nSPS) is 11.6. The molecule has 1 unspecified atom stereocenters. The van der Waals surface area contributed by atoms with Crippen molar-refractivity contribution in [2.45, 2.75) is 58.9 Å². The van der Waals surface area contributed by atoms with Gasteiger partial charge in [-0.25, -0.2) is 0 Å². The van der Waals surface area contributed by atoms with Crippen LogP contribution in [0.1, 0.15) is 49.3 Å². The molecule has 0 aromatic heterocycles. The van der Waals surface area contributed by atoms with Crippen LogP contribution in [0.4, 0.5) is 0 Å². The molecule has 0 aliphatic rings. The van der Waals surface area contributed by atoms with Gasteiger partial charge in [-0.3, -0.25) is 4.79 Å². The zero-order valence-electron chi connectivity index (χ0n) is 13.4. The molecule has 1 rings (SSSR count). The van der Waals surface area contributed by atoms with Crippen LogP contribution in [0.3, 0.4) is 0 Å². The highest BCUT2D eigenvalue weighted by Gasteiger charge is 2.10. The Morgan fingerprint density at radius 1 is 1.33 bits per heavy atom. The summed E-state index contributed by atoms with van der Waals surface area (Å²) in [5.74, 6) is 0.108. The van der Waals surface area contributed by atoms with Crippen molar-refractivity contribution in [3.8, 4) is 0 Å². The minimum atomic E-state index is 0. The lowest BCUT2D eigenvalue weighted by atomic mass is 10.0. The Balaban J connectivity index is 0.00000400. The van der Waals surface area contributed by atoms with E-state index in [4.69, 9.17) is 5.73 Å². The highest BCUT2D eigenvalue weighted by atomic mass is 35.5. The van der Waals surface area contributed by atoms with Gasteiger partial charge in [0.05, 0.1) is 0 Å². The first-order chi connectivity index (χ1) is 9.56. The van der Waals surface area contributed by atoms with Gasteiger partial charge < -0.3 is 11.1 Å². The number of halogens is 1. The molecule has 0 bridgehead atoms. The van der Waals surface area contributed by atoms with E-state index < -0.39 is 0 Å². The largest absolute Gasteiger partial charge is 0.352 e. The molecule has 0 fully saturated rings. The number of carbonyl (C=O) groups excluding carboxylic acids is 1. The van der Waals surface area contributed by atoms with Crippen molar-refractivity contribution in [1.29, 1.82) is 0 Å². The molecule has 3 nitrogen and oxygen atoms in total. The number of nitrogens with two attached hydrogens (primary N) is 1. The van der Waals surface area contributed by atoms with Crippen LogP contribution in [-0.4, -0.2) is 18.5 Å². The second-order valence-corrected chi connectivity index (χ2v) is 5.57. The first-order valence-electron chi connectivity index (χ1n) is 7.62. The summed E-state index contributed by atoms with van der Waals surface area (Å²) in [6.45, 7) is 6.86. The van der Waals surface area contributed by atoms with E-state index in [-0.39, 0.29) is 24.4 Å². The smallest absolute Gasteiger partial charge is 0.220 e. The number of hydrogen-bond acceptors (Lipinski definition) is 2. The molecule has 0 aliphatic carbocycles. The summed E-state index contributed by atoms with van der Waals surface area (Å²) in [6.07, 6.45) is 4.55. The Morgan fingerprint density at radius 2 is 2.05 bits per heavy atom. The van der Waals surface area contributed by atoms with Gasteiger partial charge in [0.1, 0.15) is 0 Å². The van der Waals surface area contributed by atoms with Gasteiger partial charge in [-0.15, -0.1) is 12.4 Å². The van der Waals surface area contributed by atoms with E-state index >= 15 is 0 Å². The number of unbranched alkanes of at least 4 members (excludes halogenated alkanes) is 1. The van der Waals surface area contributed by atoms with Crippen molar-refractivity contribution in [2.75, 3.05) is 6.54 Å². The molecule has 0 spiro atoms. The summed E-state index contributed by atoms with van der Waals surface area (Å²) < 4.78 is 0. The van der Waals surface area contributed by atoms with Gasteiger partial charge >= 0.3 is 0 Å². The second-order valence-electron chi connectivity index (χ2n) is 5.57. The van der Waals surface area contributed by atoms with Gasteiger partial charge in [-0.2, -0.15) is 0 Å². The summed E-state index contributed by atoms with van der Waals surface area (Å²) in [5.41, 5.74) is 9.47. The standard InChI is InChI=1S/C17H28N2O.ClH/c1-4-5-6-16(12-18)19-17(20)10-9-15-8-7-13(2)11-14(15)3;/h7-8,11,16H,4-6,9-10,12,18H2,1-3H3,(H,19,20);1H. The number of aryl methyl sites for hydroxylation is 3. The quantitative estimate of drug-likeness (QED) is 0.774. The van der Waals surface area contributed by atoms with Crippen LogP contribution >= 0.6 is 12.4 Å². The predicted octanol–water partition coefficient (Wildman–Crippen LogP) is 3.29. The maximum absolute atomic E-state index is 12.0. The lowest BCUT2D eigenvalue weighted by molar-refractivity contribution is -0.121. The zero-order chi connectivity index (χ0) is 15.0. The molecule has 1 aromatic carbocycles. The molecule has 0 saturated heterocycles. The fourth-order valence-electron chi connectivity index (χ4n) is 2.37. The van der Waals surface area contributed by atoms with Gasteiger partial charge in [0.15, 0.2) is 0 Å². The molecule has 1 aromatic rings. The van der Waals surface area contributed by atoms with Crippen molar-refractivity contribution >= 4 is 18.3 Å². The zero-order valence-corrected chi connectivity index (χ0v) is 14.3. The van der Waals surface area contributed by atoms with E-state index in [0.29, 0.717) is 13.0 Å². The van der Waals surface area contributed by atoms with Crippen molar-refractivity contribution < 1.29 is 4.79 Å². The Hall–Kier alpha value is -1.06. The van der Waals surface area contributed by atoms with Crippen LogP contribution in [0.25, 0.3) is 0 Å². The van der Waals surface area contributed by atoms with E-state index in [1.165, 1.54) is 16.7 Å². The van der Waals surface area contributed by atoms with Crippen molar-refractivity contribution in [3.05, 3.63) is 34.9 Å². The summed E-state index contributed by atoms with van der Waals surface area (Å²) in [4.78, 5) is 12.0. The fraction of sp³-hybridized carbons (Fsp3) is 0.588. The Bertz CT molecular complexity index is 435. The van der Waals surface area contributed by atoms with E-state index in [9.17, 15) is 4.79 Å². The summed E-state index contributed by atoms with van der Waals surface area (Å²) in [6, 6.07) is 6.51. The highest BCUT2D eigenvalue weighted by molar-refractivity contribution is 5.85. The number of benzene rings is 1. The first kappa shape index (κ1) is 19.9. The van der Waals surface area contributed by atoms with Gasteiger partial charge in [0, 0.05) is 19.0 Å². The maximum atomic E-state index is 12.0. The van der Waals surface area contributed by atoms with Crippen LogP contribution in [0.5, 0.6) is 0 Å². The third-order valence-electron chi connectivity index (χ3n) is 3.68. The molecule has 21 heavy (non-hydrogen) atoms. The average molecular weight is 313 g/mol. The number of amides is 1. The molecule has 1 atom stereocenters. The fourth-order valence-corrected chi connectivity index (χ4v) is 2.37. The monoisotopic (exact) mass is 312 g/mol. The third-order valence-corrected chi connectivity index (χ3v) is 3.68. The van der Waals surface area contributed by atoms with Crippen molar-refractivity contribution in [3.63, 3.8) is 0 Å². The minimum absolute atomic E-state index is 0. The van der Waals surface area contributed by atoms with Gasteiger partial charge in [-0.1, -0.05) is 43.5 Å². The number of rotatable bonds is 8. The van der Waals surface area contributed by atoms with E-state index in [0.717, 1.165) is 25.7 Å². The maximum Gasteiger partial charge on any atom is 0.220 e. The Kier molecular flexibility index (Phi) is 10.1. The number of carbonyl (C=O) groups is 1. The van der Waals surface area contributed by atoms with Gasteiger partial charge in [-0.05, 0) is 37.8 Å². The molecule has 3 N–H and O–H groups in total. The highest BCUT2D eigenvalue weighted by Crippen LogP contribution is 2.12. The Labute approximate surface area is 135 Å². The molecule has 0 saturated carbocycles. The summed E-state index contributed by atoms with van der Waals surface area (Å²) >= 11 is 0. The first-order valence-corrected chi connectivity index (χ1v) is 7.62. The summed E-state index contributed by atoms with van der Waals surface area (Å²) in [7, 11) is 0. The van der Waals surface area contributed by atoms with E-state index in [2.05, 4.69) is 44.3 Å². The second kappa shape index (κ2) is 10.6. The van der Waals surface area contributed by atoms with Crippen LogP contribution in [0.2, 0.25) is 0 Å². The topological polar surface area (TPSA) is 55.1 Å². The van der Waals surface area contributed by atoms with Crippen LogP contribution in [0.15, 0.2) is 18.2 Å². The number of nitrogens with one attached hydrogen (secondary N) is 1.